The van der Waals surface area contributed by atoms with E-state index in [1.54, 1.807) is 0 Å². The molecule has 1 unspecified atom stereocenters. The average molecular weight is 346 g/mol. The number of nitrogens with zero attached hydrogens (tertiary/aromatic N) is 4. The highest BCUT2D eigenvalue weighted by Crippen LogP contribution is 2.10. The predicted molar refractivity (Wildman–Crippen MR) is 104 cm³/mol. The second-order valence-corrected chi connectivity index (χ2v) is 7.00. The summed E-state index contributed by atoms with van der Waals surface area (Å²) in [4.78, 5) is 6.87. The molecule has 0 radical (unpaired) electrons. The van der Waals surface area contributed by atoms with E-state index in [0.717, 1.165) is 36.8 Å². The van der Waals surface area contributed by atoms with Crippen molar-refractivity contribution < 1.29 is 0 Å². The first kappa shape index (κ1) is 18.4. The Bertz CT molecular complexity index is 638. The summed E-state index contributed by atoms with van der Waals surface area (Å²) in [5.41, 5.74) is 2.23. The summed E-state index contributed by atoms with van der Waals surface area (Å²) in [5.74, 6) is 0.936. The predicted octanol–water partition coefficient (Wildman–Crippen LogP) is 3.02. The summed E-state index contributed by atoms with van der Waals surface area (Å²) < 4.78 is 1.91. The fraction of sp³-hybridized carbons (Fsp3) is 0.444. The Labute approximate surface area is 149 Å². The third kappa shape index (κ3) is 5.30. The van der Waals surface area contributed by atoms with Gasteiger partial charge in [0.15, 0.2) is 5.96 Å². The molecule has 1 atom stereocenters. The molecule has 0 bridgehead atoms. The highest BCUT2D eigenvalue weighted by atomic mass is 32.2. The van der Waals surface area contributed by atoms with Crippen LogP contribution in [0.15, 0.2) is 47.7 Å². The molecule has 0 aliphatic heterocycles. The zero-order chi connectivity index (χ0) is 17.4. The maximum absolute atomic E-state index is 4.73. The lowest BCUT2D eigenvalue weighted by molar-refractivity contribution is 0.477. The Morgan fingerprint density at radius 3 is 2.79 bits per heavy atom. The van der Waals surface area contributed by atoms with Gasteiger partial charge < -0.3 is 10.2 Å². The first-order chi connectivity index (χ1) is 11.6. The molecular weight excluding hydrogens is 318 g/mol. The lowest BCUT2D eigenvalue weighted by Crippen LogP contribution is -2.38. The zero-order valence-electron chi connectivity index (χ0n) is 14.9. The Balaban J connectivity index is 2.04. The molecule has 0 saturated heterocycles. The summed E-state index contributed by atoms with van der Waals surface area (Å²) in [6, 6.07) is 10.2. The molecule has 0 spiro atoms. The van der Waals surface area contributed by atoms with Crippen LogP contribution in [0, 0.1) is 0 Å². The van der Waals surface area contributed by atoms with E-state index in [0.29, 0.717) is 5.25 Å². The van der Waals surface area contributed by atoms with Crippen molar-refractivity contribution in [2.24, 2.45) is 4.99 Å². The van der Waals surface area contributed by atoms with Crippen LogP contribution < -0.4 is 5.32 Å². The smallest absolute Gasteiger partial charge is 0.193 e. The summed E-state index contributed by atoms with van der Waals surface area (Å²) >= 11 is 1.83. The van der Waals surface area contributed by atoms with Crippen LogP contribution in [0.3, 0.4) is 0 Å². The van der Waals surface area contributed by atoms with Crippen LogP contribution in [0.25, 0.3) is 5.69 Å². The minimum atomic E-state index is 0.521. The van der Waals surface area contributed by atoms with Gasteiger partial charge in [0.25, 0.3) is 0 Å². The molecule has 24 heavy (non-hydrogen) atoms. The van der Waals surface area contributed by atoms with Crippen LogP contribution in [0.4, 0.5) is 0 Å². The highest BCUT2D eigenvalue weighted by molar-refractivity contribution is 7.99. The van der Waals surface area contributed by atoms with Gasteiger partial charge in [-0.3, -0.25) is 4.99 Å². The Hall–Kier alpha value is -1.95. The van der Waals surface area contributed by atoms with Gasteiger partial charge >= 0.3 is 0 Å². The van der Waals surface area contributed by atoms with Crippen molar-refractivity contribution in [3.05, 3.63) is 48.3 Å². The summed E-state index contributed by atoms with van der Waals surface area (Å²) in [7, 11) is 2.06. The Morgan fingerprint density at radius 1 is 1.38 bits per heavy atom. The fourth-order valence-electron chi connectivity index (χ4n) is 2.27. The van der Waals surface area contributed by atoms with Crippen molar-refractivity contribution >= 4 is 17.7 Å². The van der Waals surface area contributed by atoms with E-state index in [4.69, 9.17) is 4.99 Å². The number of para-hydroxylation sites is 1. The van der Waals surface area contributed by atoms with Crippen molar-refractivity contribution in [1.29, 1.82) is 0 Å². The Morgan fingerprint density at radius 2 is 2.12 bits per heavy atom. The number of hydrogen-bond acceptors (Lipinski definition) is 3. The molecule has 2 aromatic rings. The fourth-order valence-corrected chi connectivity index (χ4v) is 2.50. The maximum atomic E-state index is 4.73. The SMILES string of the molecule is CCNC(=NCC(C)SC)N(C)Cc1cnn(-c2ccccc2)c1. The van der Waals surface area contributed by atoms with Gasteiger partial charge in [-0.1, -0.05) is 25.1 Å². The molecule has 6 heteroatoms. The highest BCUT2D eigenvalue weighted by Gasteiger charge is 2.09. The molecule has 0 saturated carbocycles. The van der Waals surface area contributed by atoms with Gasteiger partial charge in [0.2, 0.25) is 0 Å². The van der Waals surface area contributed by atoms with Crippen molar-refractivity contribution in [3.63, 3.8) is 0 Å². The molecule has 5 nitrogen and oxygen atoms in total. The second-order valence-electron chi connectivity index (χ2n) is 5.73. The lowest BCUT2D eigenvalue weighted by Gasteiger charge is -2.22. The Kier molecular flexibility index (Phi) is 7.18. The van der Waals surface area contributed by atoms with Crippen LogP contribution in [0.5, 0.6) is 0 Å². The van der Waals surface area contributed by atoms with Gasteiger partial charge in [-0.05, 0) is 25.3 Å². The topological polar surface area (TPSA) is 45.5 Å². The van der Waals surface area contributed by atoms with Gasteiger partial charge in [-0.15, -0.1) is 0 Å². The number of guanidine groups is 1. The monoisotopic (exact) mass is 345 g/mol. The number of aromatic nitrogens is 2. The molecule has 0 amide bonds. The average Bonchev–Trinajstić information content (AvgIpc) is 3.07. The van der Waals surface area contributed by atoms with Crippen LogP contribution >= 0.6 is 11.8 Å². The molecular formula is C18H27N5S. The standard InChI is InChI=1S/C18H27N5S/c1-5-19-18(20-11-15(2)24-4)22(3)13-16-12-21-23(14-16)17-9-7-6-8-10-17/h6-10,12,14-15H,5,11,13H2,1-4H3,(H,19,20). The number of nitrogens with one attached hydrogen (secondary N) is 1. The summed E-state index contributed by atoms with van der Waals surface area (Å²) in [6.07, 6.45) is 6.10. The van der Waals surface area contributed by atoms with Crippen molar-refractivity contribution in [1.82, 2.24) is 20.0 Å². The van der Waals surface area contributed by atoms with E-state index >= 15 is 0 Å². The van der Waals surface area contributed by atoms with Gasteiger partial charge in [0, 0.05) is 37.1 Å². The number of rotatable bonds is 7. The van der Waals surface area contributed by atoms with E-state index < -0.39 is 0 Å². The van der Waals surface area contributed by atoms with E-state index in [1.807, 2.05) is 40.8 Å². The van der Waals surface area contributed by atoms with Crippen LogP contribution in [-0.2, 0) is 6.54 Å². The molecule has 1 aromatic heterocycles. The van der Waals surface area contributed by atoms with Gasteiger partial charge in [-0.2, -0.15) is 16.9 Å². The minimum Gasteiger partial charge on any atom is -0.357 e. The number of thioether (sulfide) groups is 1. The number of benzene rings is 1. The van der Waals surface area contributed by atoms with Crippen LogP contribution in [-0.4, -0.2) is 52.3 Å². The molecule has 1 heterocycles. The van der Waals surface area contributed by atoms with Crippen molar-refractivity contribution in [2.45, 2.75) is 25.6 Å². The second kappa shape index (κ2) is 9.37. The molecule has 0 fully saturated rings. The first-order valence-electron chi connectivity index (χ1n) is 8.25. The number of hydrogen-bond donors (Lipinski definition) is 1. The molecule has 2 rings (SSSR count). The largest absolute Gasteiger partial charge is 0.357 e. The van der Waals surface area contributed by atoms with Gasteiger partial charge in [0.05, 0.1) is 18.4 Å². The summed E-state index contributed by atoms with van der Waals surface area (Å²) in [6.45, 7) is 6.74. The van der Waals surface area contributed by atoms with Crippen LogP contribution in [0.1, 0.15) is 19.4 Å². The van der Waals surface area contributed by atoms with E-state index in [-0.39, 0.29) is 0 Å². The third-order valence-electron chi connectivity index (χ3n) is 3.67. The van der Waals surface area contributed by atoms with E-state index in [9.17, 15) is 0 Å². The first-order valence-corrected chi connectivity index (χ1v) is 9.54. The number of aliphatic imine (C=N–C) groups is 1. The lowest BCUT2D eigenvalue weighted by atomic mass is 10.3. The molecule has 1 N–H and O–H groups in total. The normalized spacial score (nSPS) is 12.9. The zero-order valence-corrected chi connectivity index (χ0v) is 15.8. The van der Waals surface area contributed by atoms with Crippen molar-refractivity contribution in [3.8, 4) is 5.69 Å². The molecule has 0 aliphatic carbocycles. The quantitative estimate of drug-likeness (QED) is 0.619. The van der Waals surface area contributed by atoms with Gasteiger partial charge in [0.1, 0.15) is 0 Å². The van der Waals surface area contributed by atoms with E-state index in [2.05, 4.69) is 60.8 Å². The maximum Gasteiger partial charge on any atom is 0.193 e. The molecule has 1 aromatic carbocycles. The summed E-state index contributed by atoms with van der Waals surface area (Å²) in [5, 5.41) is 8.34. The van der Waals surface area contributed by atoms with Gasteiger partial charge in [-0.25, -0.2) is 4.68 Å². The third-order valence-corrected chi connectivity index (χ3v) is 4.63. The van der Waals surface area contributed by atoms with E-state index in [1.165, 1.54) is 0 Å². The minimum absolute atomic E-state index is 0.521. The molecule has 130 valence electrons. The molecule has 0 aliphatic rings. The van der Waals surface area contributed by atoms with Crippen LogP contribution in [0.2, 0.25) is 0 Å². The van der Waals surface area contributed by atoms with Crippen molar-refractivity contribution in [2.75, 3.05) is 26.4 Å².